The van der Waals surface area contributed by atoms with E-state index >= 15 is 0 Å². The van der Waals surface area contributed by atoms with E-state index in [1.54, 1.807) is 24.3 Å². The Morgan fingerprint density at radius 3 is 2.53 bits per heavy atom. The van der Waals surface area contributed by atoms with Gasteiger partial charge in [-0.1, -0.05) is 18.2 Å². The van der Waals surface area contributed by atoms with E-state index in [-0.39, 0.29) is 34.3 Å². The molecule has 4 aromatic rings. The molecule has 1 aromatic carbocycles. The van der Waals surface area contributed by atoms with E-state index in [1.165, 1.54) is 23.0 Å². The van der Waals surface area contributed by atoms with E-state index in [0.717, 1.165) is 17.4 Å². The number of carbonyl (C=O) groups is 2. The summed E-state index contributed by atoms with van der Waals surface area (Å²) in [5.41, 5.74) is 1.13. The first-order chi connectivity index (χ1) is 16.4. The third kappa shape index (κ3) is 4.24. The third-order valence-corrected chi connectivity index (χ3v) is 5.51. The van der Waals surface area contributed by atoms with Crippen molar-refractivity contribution in [3.8, 4) is 0 Å². The van der Waals surface area contributed by atoms with E-state index in [9.17, 15) is 18.4 Å². The van der Waals surface area contributed by atoms with Crippen LogP contribution in [0, 0.1) is 0 Å². The second-order valence-corrected chi connectivity index (χ2v) is 8.00. The molecular weight excluding hydrogens is 444 g/mol. The molecule has 3 aromatic heterocycles. The SMILES string of the molecule is CCn1cc(NC(=O)c2cc3nc(C4CC4)cc(C(F)F)n3n2)c(C(=O)Nc2ccccc2)n1. The molecule has 0 saturated heterocycles. The molecule has 0 aliphatic heterocycles. The highest BCUT2D eigenvalue weighted by Gasteiger charge is 2.29. The van der Waals surface area contributed by atoms with Gasteiger partial charge >= 0.3 is 0 Å². The van der Waals surface area contributed by atoms with Crippen LogP contribution >= 0.6 is 0 Å². The summed E-state index contributed by atoms with van der Waals surface area (Å²) >= 11 is 0. The van der Waals surface area contributed by atoms with Crippen molar-refractivity contribution in [3.63, 3.8) is 0 Å². The van der Waals surface area contributed by atoms with Gasteiger partial charge in [0.25, 0.3) is 18.2 Å². The first-order valence-corrected chi connectivity index (χ1v) is 10.9. The van der Waals surface area contributed by atoms with E-state index in [2.05, 4.69) is 25.8 Å². The maximum atomic E-state index is 13.6. The molecule has 1 fully saturated rings. The van der Waals surface area contributed by atoms with Gasteiger partial charge in [0, 0.05) is 36.1 Å². The van der Waals surface area contributed by atoms with Crippen LogP contribution in [0.15, 0.2) is 48.7 Å². The maximum Gasteiger partial charge on any atom is 0.280 e. The number of alkyl halides is 2. The molecule has 3 heterocycles. The van der Waals surface area contributed by atoms with Crippen molar-refractivity contribution in [3.05, 3.63) is 71.4 Å². The predicted octanol–water partition coefficient (Wildman–Crippen LogP) is 4.27. The number of para-hydroxylation sites is 1. The van der Waals surface area contributed by atoms with Crippen LogP contribution in [-0.4, -0.2) is 36.2 Å². The monoisotopic (exact) mass is 465 g/mol. The zero-order chi connectivity index (χ0) is 23.8. The third-order valence-electron chi connectivity index (χ3n) is 5.51. The van der Waals surface area contributed by atoms with Crippen LogP contribution in [0.2, 0.25) is 0 Å². The van der Waals surface area contributed by atoms with E-state index in [0.29, 0.717) is 17.9 Å². The molecule has 174 valence electrons. The van der Waals surface area contributed by atoms with Crippen molar-refractivity contribution < 1.29 is 18.4 Å². The van der Waals surface area contributed by atoms with Crippen LogP contribution in [0.3, 0.4) is 0 Å². The number of halogens is 2. The van der Waals surface area contributed by atoms with Crippen molar-refractivity contribution in [2.24, 2.45) is 0 Å². The molecule has 34 heavy (non-hydrogen) atoms. The van der Waals surface area contributed by atoms with Crippen LogP contribution in [0.4, 0.5) is 20.2 Å². The van der Waals surface area contributed by atoms with Crippen molar-refractivity contribution in [2.45, 2.75) is 38.7 Å². The summed E-state index contributed by atoms with van der Waals surface area (Å²) in [5, 5.41) is 13.7. The average molecular weight is 465 g/mol. The maximum absolute atomic E-state index is 13.6. The highest BCUT2D eigenvalue weighted by molar-refractivity contribution is 6.11. The molecule has 0 spiro atoms. The van der Waals surface area contributed by atoms with Gasteiger partial charge in [0.1, 0.15) is 5.69 Å². The number of amides is 2. The lowest BCUT2D eigenvalue weighted by atomic mass is 10.2. The molecule has 2 N–H and O–H groups in total. The van der Waals surface area contributed by atoms with Crippen molar-refractivity contribution >= 4 is 28.8 Å². The minimum Gasteiger partial charge on any atom is -0.321 e. The van der Waals surface area contributed by atoms with Gasteiger partial charge in [-0.05, 0) is 38.0 Å². The minimum absolute atomic E-state index is 0.0187. The largest absolute Gasteiger partial charge is 0.321 e. The Labute approximate surface area is 192 Å². The van der Waals surface area contributed by atoms with Gasteiger partial charge in [-0.25, -0.2) is 18.3 Å². The molecule has 0 atom stereocenters. The molecule has 0 unspecified atom stereocenters. The number of nitrogens with zero attached hydrogens (tertiary/aromatic N) is 5. The zero-order valence-corrected chi connectivity index (χ0v) is 18.2. The molecule has 1 saturated carbocycles. The lowest BCUT2D eigenvalue weighted by Crippen LogP contribution is -2.18. The molecule has 1 aliphatic rings. The van der Waals surface area contributed by atoms with Crippen LogP contribution in [0.25, 0.3) is 5.65 Å². The molecule has 0 radical (unpaired) electrons. The number of aromatic nitrogens is 5. The summed E-state index contributed by atoms with van der Waals surface area (Å²) in [7, 11) is 0. The summed E-state index contributed by atoms with van der Waals surface area (Å²) in [4.78, 5) is 30.2. The topological polar surface area (TPSA) is 106 Å². The lowest BCUT2D eigenvalue weighted by molar-refractivity contribution is 0.102. The fourth-order valence-corrected chi connectivity index (χ4v) is 3.61. The van der Waals surface area contributed by atoms with Crippen molar-refractivity contribution in [1.29, 1.82) is 0 Å². The molecule has 2 amide bonds. The fourth-order valence-electron chi connectivity index (χ4n) is 3.61. The number of benzene rings is 1. The smallest absolute Gasteiger partial charge is 0.280 e. The zero-order valence-electron chi connectivity index (χ0n) is 18.2. The molecule has 1 aliphatic carbocycles. The van der Waals surface area contributed by atoms with Gasteiger partial charge in [0.15, 0.2) is 17.0 Å². The van der Waals surface area contributed by atoms with E-state index in [1.807, 2.05) is 13.0 Å². The number of carbonyl (C=O) groups excluding carboxylic acids is 2. The Kier molecular flexibility index (Phi) is 5.52. The second kappa shape index (κ2) is 8.65. The number of hydrogen-bond acceptors (Lipinski definition) is 5. The molecule has 0 bridgehead atoms. The van der Waals surface area contributed by atoms with Gasteiger partial charge in [0.05, 0.1) is 5.69 Å². The van der Waals surface area contributed by atoms with Crippen LogP contribution < -0.4 is 10.6 Å². The molecular formula is C23H21F2N7O2. The van der Waals surface area contributed by atoms with Gasteiger partial charge in [0.2, 0.25) is 0 Å². The summed E-state index contributed by atoms with van der Waals surface area (Å²) in [6.07, 6.45) is 0.571. The Bertz CT molecular complexity index is 1380. The average Bonchev–Trinajstić information content (AvgIpc) is 3.46. The normalized spacial score (nSPS) is 13.4. The molecule has 5 rings (SSSR count). The van der Waals surface area contributed by atoms with Crippen LogP contribution in [0.5, 0.6) is 0 Å². The Morgan fingerprint density at radius 1 is 1.09 bits per heavy atom. The van der Waals surface area contributed by atoms with Crippen LogP contribution in [0.1, 0.15) is 64.5 Å². The fraction of sp³-hybridized carbons (Fsp3) is 0.261. The van der Waals surface area contributed by atoms with E-state index in [4.69, 9.17) is 0 Å². The number of aryl methyl sites for hydroxylation is 1. The van der Waals surface area contributed by atoms with Crippen molar-refractivity contribution in [2.75, 3.05) is 10.6 Å². The molecule has 9 nitrogen and oxygen atoms in total. The standard InChI is InChI=1S/C23H21F2N7O2/c1-2-31-12-17(20(30-31)23(34)26-14-6-4-3-5-7-14)28-22(33)16-11-19-27-15(13-8-9-13)10-18(21(24)25)32(19)29-16/h3-7,10-13,21H,2,8-9H2,1H3,(H,26,34)(H,28,33). The lowest BCUT2D eigenvalue weighted by Gasteiger charge is -2.06. The Balaban J connectivity index is 1.43. The minimum atomic E-state index is -2.77. The number of rotatable bonds is 7. The Hall–Kier alpha value is -4.15. The number of fused-ring (bicyclic) bond motifs is 1. The van der Waals surface area contributed by atoms with Gasteiger partial charge in [-0.15, -0.1) is 0 Å². The van der Waals surface area contributed by atoms with Gasteiger partial charge in [-0.2, -0.15) is 10.2 Å². The quantitative estimate of drug-likeness (QED) is 0.424. The summed E-state index contributed by atoms with van der Waals surface area (Å²) in [6, 6.07) is 11.6. The molecule has 11 heteroatoms. The second-order valence-electron chi connectivity index (χ2n) is 8.00. The first-order valence-electron chi connectivity index (χ1n) is 10.9. The predicted molar refractivity (Wildman–Crippen MR) is 120 cm³/mol. The summed E-state index contributed by atoms with van der Waals surface area (Å²) < 4.78 is 29.8. The van der Waals surface area contributed by atoms with Crippen LogP contribution in [-0.2, 0) is 6.54 Å². The van der Waals surface area contributed by atoms with Gasteiger partial charge in [-0.3, -0.25) is 14.3 Å². The highest BCUT2D eigenvalue weighted by atomic mass is 19.3. The number of anilines is 2. The number of nitrogens with one attached hydrogen (secondary N) is 2. The van der Waals surface area contributed by atoms with E-state index < -0.39 is 18.2 Å². The van der Waals surface area contributed by atoms with Crippen molar-refractivity contribution in [1.82, 2.24) is 24.4 Å². The highest BCUT2D eigenvalue weighted by Crippen LogP contribution is 2.40. The number of hydrogen-bond donors (Lipinski definition) is 2. The first kappa shape index (κ1) is 21.7. The summed E-state index contributed by atoms with van der Waals surface area (Å²) in [5.74, 6) is -0.997. The summed E-state index contributed by atoms with van der Waals surface area (Å²) in [6.45, 7) is 2.32. The van der Waals surface area contributed by atoms with Gasteiger partial charge < -0.3 is 10.6 Å². The Morgan fingerprint density at radius 2 is 1.85 bits per heavy atom.